The van der Waals surface area contributed by atoms with Crippen molar-refractivity contribution < 1.29 is 14.7 Å². The maximum atomic E-state index is 12.6. The van der Waals surface area contributed by atoms with Crippen LogP contribution in [0.1, 0.15) is 44.7 Å². The molecule has 3 nitrogen and oxygen atoms in total. The summed E-state index contributed by atoms with van der Waals surface area (Å²) >= 11 is 0. The molecule has 0 aliphatic heterocycles. The summed E-state index contributed by atoms with van der Waals surface area (Å²) in [6, 6.07) is 13.6. The summed E-state index contributed by atoms with van der Waals surface area (Å²) in [5.74, 6) is -1.07. The molecule has 0 saturated heterocycles. The molecular formula is C19H18O3. The van der Waals surface area contributed by atoms with Gasteiger partial charge in [-0.05, 0) is 37.0 Å². The lowest BCUT2D eigenvalue weighted by Gasteiger charge is -2.08. The fraction of sp³-hybridized carbons (Fsp3) is 0.158. The third kappa shape index (κ3) is 3.70. The summed E-state index contributed by atoms with van der Waals surface area (Å²) in [5, 5.41) is 8.90. The predicted molar refractivity (Wildman–Crippen MR) is 86.4 cm³/mol. The Kier molecular flexibility index (Phi) is 5.26. The Morgan fingerprint density at radius 3 is 2.27 bits per heavy atom. The van der Waals surface area contributed by atoms with Crippen LogP contribution in [0.25, 0.3) is 0 Å². The molecule has 2 aromatic rings. The normalized spacial score (nSPS) is 10.2. The van der Waals surface area contributed by atoms with Gasteiger partial charge in [0.2, 0.25) is 0 Å². The molecule has 22 heavy (non-hydrogen) atoms. The third-order valence-electron chi connectivity index (χ3n) is 3.51. The van der Waals surface area contributed by atoms with Crippen molar-refractivity contribution in [2.24, 2.45) is 0 Å². The Bertz CT molecular complexity index is 684. The number of carbonyl (C=O) groups is 2. The Balaban J connectivity index is 2.25. The van der Waals surface area contributed by atoms with Crippen LogP contribution in [-0.4, -0.2) is 16.9 Å². The van der Waals surface area contributed by atoms with Crippen LogP contribution >= 0.6 is 0 Å². The average Bonchev–Trinajstić information content (AvgIpc) is 2.55. The van der Waals surface area contributed by atoms with Crippen LogP contribution in [0.4, 0.5) is 0 Å². The van der Waals surface area contributed by atoms with Crippen LogP contribution < -0.4 is 0 Å². The molecule has 0 amide bonds. The van der Waals surface area contributed by atoms with Crippen LogP contribution in [0, 0.1) is 0 Å². The van der Waals surface area contributed by atoms with Crippen LogP contribution in [0.2, 0.25) is 0 Å². The second-order valence-electron chi connectivity index (χ2n) is 5.05. The number of hydrogen-bond donors (Lipinski definition) is 1. The van der Waals surface area contributed by atoms with Gasteiger partial charge in [-0.1, -0.05) is 42.5 Å². The Hall–Kier alpha value is -2.68. The second-order valence-corrected chi connectivity index (χ2v) is 5.05. The van der Waals surface area contributed by atoms with Gasteiger partial charge in [-0.3, -0.25) is 4.79 Å². The summed E-state index contributed by atoms with van der Waals surface area (Å²) < 4.78 is 0. The first-order valence-corrected chi connectivity index (χ1v) is 7.20. The van der Waals surface area contributed by atoms with E-state index < -0.39 is 5.97 Å². The minimum atomic E-state index is -0.996. The molecule has 0 bridgehead atoms. The van der Waals surface area contributed by atoms with Crippen molar-refractivity contribution >= 4 is 11.8 Å². The van der Waals surface area contributed by atoms with Crippen molar-refractivity contribution in [2.45, 2.75) is 19.3 Å². The highest BCUT2D eigenvalue weighted by atomic mass is 16.4. The first-order valence-electron chi connectivity index (χ1n) is 7.20. The van der Waals surface area contributed by atoms with Gasteiger partial charge in [0.1, 0.15) is 0 Å². The molecule has 0 aliphatic rings. The molecule has 112 valence electrons. The molecule has 0 heterocycles. The van der Waals surface area contributed by atoms with Gasteiger partial charge < -0.3 is 5.11 Å². The minimum Gasteiger partial charge on any atom is -0.478 e. The van der Waals surface area contributed by atoms with E-state index in [0.717, 1.165) is 24.8 Å². The second kappa shape index (κ2) is 7.36. The van der Waals surface area contributed by atoms with E-state index in [1.807, 2.05) is 30.3 Å². The predicted octanol–water partition coefficient (Wildman–Crippen LogP) is 4.12. The van der Waals surface area contributed by atoms with Crippen LogP contribution in [0.15, 0.2) is 61.2 Å². The number of carbonyl (C=O) groups excluding carboxylic acids is 1. The Morgan fingerprint density at radius 2 is 1.64 bits per heavy atom. The first kappa shape index (κ1) is 15.7. The van der Waals surface area contributed by atoms with E-state index in [2.05, 4.69) is 6.58 Å². The molecular weight excluding hydrogens is 276 g/mol. The number of benzene rings is 2. The SMILES string of the molecule is C=CCCCc1ccccc1C(=O)c1ccc(C(=O)O)cc1. The van der Waals surface area contributed by atoms with Gasteiger partial charge in [0.05, 0.1) is 5.56 Å². The van der Waals surface area contributed by atoms with E-state index in [9.17, 15) is 9.59 Å². The number of carboxylic acids is 1. The van der Waals surface area contributed by atoms with Crippen molar-refractivity contribution in [2.75, 3.05) is 0 Å². The summed E-state index contributed by atoms with van der Waals surface area (Å²) in [6.07, 6.45) is 4.55. The number of ketones is 1. The summed E-state index contributed by atoms with van der Waals surface area (Å²) in [4.78, 5) is 23.5. The highest BCUT2D eigenvalue weighted by Gasteiger charge is 2.13. The van der Waals surface area contributed by atoms with E-state index in [0.29, 0.717) is 11.1 Å². The molecule has 0 fully saturated rings. The maximum Gasteiger partial charge on any atom is 0.335 e. The number of aromatic carboxylic acids is 1. The first-order chi connectivity index (χ1) is 10.6. The summed E-state index contributed by atoms with van der Waals surface area (Å²) in [5.41, 5.74) is 2.36. The molecule has 0 aliphatic carbocycles. The number of rotatable bonds is 7. The average molecular weight is 294 g/mol. The van der Waals surface area contributed by atoms with Crippen LogP contribution in [0.5, 0.6) is 0 Å². The lowest BCUT2D eigenvalue weighted by molar-refractivity contribution is 0.0696. The standard InChI is InChI=1S/C19H18O3/c1-2-3-4-7-14-8-5-6-9-17(14)18(20)15-10-12-16(13-11-15)19(21)22/h2,5-6,8-13H,1,3-4,7H2,(H,21,22). The maximum absolute atomic E-state index is 12.6. The smallest absolute Gasteiger partial charge is 0.335 e. The van der Waals surface area contributed by atoms with E-state index >= 15 is 0 Å². The lowest BCUT2D eigenvalue weighted by atomic mass is 9.95. The number of allylic oxidation sites excluding steroid dienone is 1. The Morgan fingerprint density at radius 1 is 1.00 bits per heavy atom. The van der Waals surface area contributed by atoms with E-state index in [1.54, 1.807) is 12.1 Å². The Labute approximate surface area is 129 Å². The molecule has 0 radical (unpaired) electrons. The molecule has 2 aromatic carbocycles. The summed E-state index contributed by atoms with van der Waals surface area (Å²) in [7, 11) is 0. The lowest BCUT2D eigenvalue weighted by Crippen LogP contribution is -2.06. The zero-order chi connectivity index (χ0) is 15.9. The largest absolute Gasteiger partial charge is 0.478 e. The van der Waals surface area contributed by atoms with Gasteiger partial charge in [-0.2, -0.15) is 0 Å². The number of hydrogen-bond acceptors (Lipinski definition) is 2. The molecule has 2 rings (SSSR count). The van der Waals surface area contributed by atoms with Gasteiger partial charge >= 0.3 is 5.97 Å². The van der Waals surface area contributed by atoms with Gasteiger partial charge in [0.15, 0.2) is 5.78 Å². The van der Waals surface area contributed by atoms with Crippen LogP contribution in [0.3, 0.4) is 0 Å². The van der Waals surface area contributed by atoms with Gasteiger partial charge in [0, 0.05) is 11.1 Å². The molecule has 0 saturated carbocycles. The van der Waals surface area contributed by atoms with E-state index in [-0.39, 0.29) is 11.3 Å². The molecule has 0 unspecified atom stereocenters. The van der Waals surface area contributed by atoms with Crippen molar-refractivity contribution in [1.82, 2.24) is 0 Å². The van der Waals surface area contributed by atoms with Crippen molar-refractivity contribution in [3.8, 4) is 0 Å². The van der Waals surface area contributed by atoms with Gasteiger partial charge in [-0.25, -0.2) is 4.79 Å². The molecule has 1 N–H and O–H groups in total. The highest BCUT2D eigenvalue weighted by Crippen LogP contribution is 2.17. The van der Waals surface area contributed by atoms with Gasteiger partial charge in [0.25, 0.3) is 0 Å². The van der Waals surface area contributed by atoms with Gasteiger partial charge in [-0.15, -0.1) is 6.58 Å². The molecule has 0 spiro atoms. The van der Waals surface area contributed by atoms with Crippen LogP contribution in [-0.2, 0) is 6.42 Å². The highest BCUT2D eigenvalue weighted by molar-refractivity contribution is 6.10. The number of unbranched alkanes of at least 4 members (excludes halogenated alkanes) is 1. The molecule has 0 atom stereocenters. The van der Waals surface area contributed by atoms with Crippen molar-refractivity contribution in [1.29, 1.82) is 0 Å². The van der Waals surface area contributed by atoms with E-state index in [4.69, 9.17) is 5.11 Å². The quantitative estimate of drug-likeness (QED) is 0.474. The number of carboxylic acid groups (broad SMARTS) is 1. The fourth-order valence-corrected chi connectivity index (χ4v) is 2.32. The fourth-order valence-electron chi connectivity index (χ4n) is 2.32. The van der Waals surface area contributed by atoms with E-state index in [1.165, 1.54) is 12.1 Å². The molecule has 3 heteroatoms. The monoisotopic (exact) mass is 294 g/mol. The zero-order valence-corrected chi connectivity index (χ0v) is 12.3. The minimum absolute atomic E-state index is 0.0776. The number of aryl methyl sites for hydroxylation is 1. The van der Waals surface area contributed by atoms with Crippen molar-refractivity contribution in [3.63, 3.8) is 0 Å². The summed E-state index contributed by atoms with van der Waals surface area (Å²) in [6.45, 7) is 3.70. The zero-order valence-electron chi connectivity index (χ0n) is 12.3. The molecule has 0 aromatic heterocycles. The topological polar surface area (TPSA) is 54.4 Å². The third-order valence-corrected chi connectivity index (χ3v) is 3.51. The van der Waals surface area contributed by atoms with Crippen molar-refractivity contribution in [3.05, 3.63) is 83.4 Å².